The van der Waals surface area contributed by atoms with Crippen LogP contribution in [0.15, 0.2) is 47.4 Å². The van der Waals surface area contributed by atoms with Crippen LogP contribution in [-0.4, -0.2) is 5.84 Å². The van der Waals surface area contributed by atoms with Crippen molar-refractivity contribution in [3.05, 3.63) is 65.2 Å². The normalized spacial score (nSPS) is 10.4. The number of benzene rings is 2. The molecule has 2 rings (SSSR count). The van der Waals surface area contributed by atoms with Crippen molar-refractivity contribution < 1.29 is 8.78 Å². The maximum atomic E-state index is 13.8. The first-order chi connectivity index (χ1) is 9.06. The van der Waals surface area contributed by atoms with E-state index in [-0.39, 0.29) is 17.5 Å². The average Bonchev–Trinajstić information content (AvgIpc) is 2.39. The number of rotatable bonds is 4. The second-order valence-corrected chi connectivity index (χ2v) is 5.01. The van der Waals surface area contributed by atoms with Gasteiger partial charge in [-0.1, -0.05) is 12.1 Å². The van der Waals surface area contributed by atoms with E-state index >= 15 is 0 Å². The second kappa shape index (κ2) is 5.84. The predicted octanol–water partition coefficient (Wildman–Crippen LogP) is 3.54. The quantitative estimate of drug-likeness (QED) is 0.510. The standard InChI is InChI=1S/C14H12F2N2S/c15-11-3-5-12(6-4-11)19-8-10-2-1-9(14(17)18)7-13(10)16/h1-7H,8H2,(H3,17,18). The van der Waals surface area contributed by atoms with Crippen LogP contribution in [0.1, 0.15) is 11.1 Å². The van der Waals surface area contributed by atoms with Gasteiger partial charge in [0.2, 0.25) is 0 Å². The van der Waals surface area contributed by atoms with Crippen LogP contribution in [0.25, 0.3) is 0 Å². The molecule has 0 atom stereocenters. The number of hydrogen-bond donors (Lipinski definition) is 2. The summed E-state index contributed by atoms with van der Waals surface area (Å²) in [5.41, 5.74) is 6.18. The molecular weight excluding hydrogens is 266 g/mol. The first-order valence-electron chi connectivity index (χ1n) is 5.57. The van der Waals surface area contributed by atoms with E-state index in [1.807, 2.05) is 0 Å². The predicted molar refractivity (Wildman–Crippen MR) is 73.4 cm³/mol. The lowest BCUT2D eigenvalue weighted by molar-refractivity contribution is 0.617. The number of halogens is 2. The van der Waals surface area contributed by atoms with Crippen LogP contribution in [-0.2, 0) is 5.75 Å². The lowest BCUT2D eigenvalue weighted by Crippen LogP contribution is -2.11. The van der Waals surface area contributed by atoms with Crippen LogP contribution >= 0.6 is 11.8 Å². The zero-order chi connectivity index (χ0) is 13.8. The lowest BCUT2D eigenvalue weighted by Gasteiger charge is -2.05. The molecule has 2 aromatic carbocycles. The number of nitrogen functional groups attached to an aromatic ring is 1. The molecule has 0 saturated carbocycles. The Morgan fingerprint density at radius 3 is 2.37 bits per heavy atom. The molecule has 0 heterocycles. The number of nitrogens with one attached hydrogen (secondary N) is 1. The van der Waals surface area contributed by atoms with Gasteiger partial charge in [-0.25, -0.2) is 8.78 Å². The zero-order valence-electron chi connectivity index (χ0n) is 9.99. The van der Waals surface area contributed by atoms with E-state index in [1.165, 1.54) is 30.0 Å². The van der Waals surface area contributed by atoms with Crippen molar-refractivity contribution in [2.75, 3.05) is 0 Å². The number of hydrogen-bond acceptors (Lipinski definition) is 2. The summed E-state index contributed by atoms with van der Waals surface area (Å²) in [5.74, 6) is -0.393. The monoisotopic (exact) mass is 278 g/mol. The molecule has 5 heteroatoms. The summed E-state index contributed by atoms with van der Waals surface area (Å²) >= 11 is 1.42. The molecule has 0 aliphatic carbocycles. The second-order valence-electron chi connectivity index (χ2n) is 3.96. The Morgan fingerprint density at radius 1 is 1.11 bits per heavy atom. The van der Waals surface area contributed by atoms with Crippen molar-refractivity contribution in [3.63, 3.8) is 0 Å². The molecule has 3 N–H and O–H groups in total. The first-order valence-corrected chi connectivity index (χ1v) is 6.56. The lowest BCUT2D eigenvalue weighted by atomic mass is 10.1. The fourth-order valence-corrected chi connectivity index (χ4v) is 2.41. The third-order valence-corrected chi connectivity index (χ3v) is 3.63. The van der Waals surface area contributed by atoms with E-state index in [4.69, 9.17) is 11.1 Å². The summed E-state index contributed by atoms with van der Waals surface area (Å²) in [6.07, 6.45) is 0. The molecule has 0 aliphatic rings. The molecule has 0 spiro atoms. The third-order valence-electron chi connectivity index (χ3n) is 2.57. The van der Waals surface area contributed by atoms with Gasteiger partial charge in [0.1, 0.15) is 17.5 Å². The van der Waals surface area contributed by atoms with Crippen molar-refractivity contribution in [1.29, 1.82) is 5.41 Å². The Labute approximate surface area is 114 Å². The van der Waals surface area contributed by atoms with Gasteiger partial charge in [-0.05, 0) is 35.9 Å². The van der Waals surface area contributed by atoms with Gasteiger partial charge in [0.15, 0.2) is 0 Å². The van der Waals surface area contributed by atoms with E-state index in [0.29, 0.717) is 16.9 Å². The Bertz CT molecular complexity index is 597. The highest BCUT2D eigenvalue weighted by Crippen LogP contribution is 2.24. The maximum absolute atomic E-state index is 13.8. The van der Waals surface area contributed by atoms with Crippen LogP contribution in [0.3, 0.4) is 0 Å². The summed E-state index contributed by atoms with van der Waals surface area (Å²) in [6, 6.07) is 10.5. The molecule has 0 bridgehead atoms. The highest BCUT2D eigenvalue weighted by molar-refractivity contribution is 7.98. The molecule has 0 saturated heterocycles. The minimum Gasteiger partial charge on any atom is -0.384 e. The van der Waals surface area contributed by atoms with Crippen molar-refractivity contribution in [2.24, 2.45) is 5.73 Å². The topological polar surface area (TPSA) is 49.9 Å². The molecule has 0 aliphatic heterocycles. The van der Waals surface area contributed by atoms with Crippen molar-refractivity contribution in [3.8, 4) is 0 Å². The SMILES string of the molecule is N=C(N)c1ccc(CSc2ccc(F)cc2)c(F)c1. The summed E-state index contributed by atoms with van der Waals surface area (Å²) in [4.78, 5) is 0.872. The molecule has 0 radical (unpaired) electrons. The highest BCUT2D eigenvalue weighted by Gasteiger charge is 2.06. The van der Waals surface area contributed by atoms with Crippen LogP contribution in [0.5, 0.6) is 0 Å². The molecule has 0 unspecified atom stereocenters. The van der Waals surface area contributed by atoms with Gasteiger partial charge in [0.25, 0.3) is 0 Å². The van der Waals surface area contributed by atoms with Crippen LogP contribution in [0.2, 0.25) is 0 Å². The Kier molecular flexibility index (Phi) is 4.16. The largest absolute Gasteiger partial charge is 0.384 e. The Hall–Kier alpha value is -1.88. The van der Waals surface area contributed by atoms with Gasteiger partial charge in [-0.2, -0.15) is 0 Å². The molecule has 19 heavy (non-hydrogen) atoms. The van der Waals surface area contributed by atoms with Crippen LogP contribution in [0.4, 0.5) is 8.78 Å². The Balaban J connectivity index is 2.07. The summed E-state index contributed by atoms with van der Waals surface area (Å²) in [7, 11) is 0. The molecule has 2 aromatic rings. The van der Waals surface area contributed by atoms with Crippen LogP contribution < -0.4 is 5.73 Å². The first kappa shape index (κ1) is 13.5. The fraction of sp³-hybridized carbons (Fsp3) is 0.0714. The van der Waals surface area contributed by atoms with E-state index in [1.54, 1.807) is 24.3 Å². The molecule has 2 nitrogen and oxygen atoms in total. The summed E-state index contributed by atoms with van der Waals surface area (Å²) in [5, 5.41) is 7.23. The van der Waals surface area contributed by atoms with Crippen molar-refractivity contribution >= 4 is 17.6 Å². The molecule has 98 valence electrons. The molecule has 0 amide bonds. The minimum absolute atomic E-state index is 0.156. The third kappa shape index (κ3) is 3.54. The van der Waals surface area contributed by atoms with Crippen LogP contribution in [0, 0.1) is 17.0 Å². The fourth-order valence-electron chi connectivity index (χ4n) is 1.52. The summed E-state index contributed by atoms with van der Waals surface area (Å²) in [6.45, 7) is 0. The van der Waals surface area contributed by atoms with Gasteiger partial charge in [-0.3, -0.25) is 5.41 Å². The van der Waals surface area contributed by atoms with E-state index < -0.39 is 0 Å². The molecule has 0 fully saturated rings. The van der Waals surface area contributed by atoms with Gasteiger partial charge >= 0.3 is 0 Å². The molecular formula is C14H12F2N2S. The van der Waals surface area contributed by atoms with Crippen molar-refractivity contribution in [1.82, 2.24) is 0 Å². The number of thioether (sulfide) groups is 1. The minimum atomic E-state index is -0.387. The van der Waals surface area contributed by atoms with E-state index in [2.05, 4.69) is 0 Å². The maximum Gasteiger partial charge on any atom is 0.127 e. The number of nitrogens with two attached hydrogens (primary N) is 1. The summed E-state index contributed by atoms with van der Waals surface area (Å²) < 4.78 is 26.5. The van der Waals surface area contributed by atoms with E-state index in [0.717, 1.165) is 4.90 Å². The Morgan fingerprint density at radius 2 is 1.79 bits per heavy atom. The van der Waals surface area contributed by atoms with Gasteiger partial charge in [0.05, 0.1) is 0 Å². The van der Waals surface area contributed by atoms with Crippen molar-refractivity contribution in [2.45, 2.75) is 10.6 Å². The molecule has 0 aromatic heterocycles. The van der Waals surface area contributed by atoms with Gasteiger partial charge in [0, 0.05) is 16.2 Å². The average molecular weight is 278 g/mol. The van der Waals surface area contributed by atoms with E-state index in [9.17, 15) is 8.78 Å². The van der Waals surface area contributed by atoms with Gasteiger partial charge in [-0.15, -0.1) is 11.8 Å². The zero-order valence-corrected chi connectivity index (χ0v) is 10.8. The smallest absolute Gasteiger partial charge is 0.127 e. The number of amidine groups is 1. The highest BCUT2D eigenvalue weighted by atomic mass is 32.2. The van der Waals surface area contributed by atoms with Gasteiger partial charge < -0.3 is 5.73 Å².